The van der Waals surface area contributed by atoms with E-state index >= 15 is 0 Å². The van der Waals surface area contributed by atoms with Crippen molar-refractivity contribution in [2.75, 3.05) is 0 Å². The molecule has 0 aromatic carbocycles. The third-order valence-corrected chi connectivity index (χ3v) is 2.47. The molecular formula is C6H5F5NO3S-. The van der Waals surface area contributed by atoms with E-state index in [-0.39, 0.29) is 0 Å². The Kier molecular flexibility index (Phi) is 4.03. The van der Waals surface area contributed by atoms with Gasteiger partial charge in [0.15, 0.2) is 0 Å². The van der Waals surface area contributed by atoms with Crippen molar-refractivity contribution >= 4 is 15.9 Å². The molecule has 10 heteroatoms. The fraction of sp³-hybridized carbons (Fsp3) is 0.500. The molecule has 0 saturated heterocycles. The second kappa shape index (κ2) is 4.36. The highest BCUT2D eigenvalue weighted by Gasteiger charge is 2.67. The molecule has 94 valence electrons. The summed E-state index contributed by atoms with van der Waals surface area (Å²) in [6, 6.07) is 0. The Bertz CT molecular complexity index is 408. The molecule has 0 heterocycles. The van der Waals surface area contributed by atoms with Gasteiger partial charge in [-0.05, 0) is 6.92 Å². The highest BCUT2D eigenvalue weighted by molar-refractivity contribution is 7.91. The third-order valence-electron chi connectivity index (χ3n) is 1.17. The van der Waals surface area contributed by atoms with Crippen molar-refractivity contribution in [1.82, 2.24) is 0 Å². The molecule has 0 rings (SSSR count). The van der Waals surface area contributed by atoms with Crippen molar-refractivity contribution in [3.8, 4) is 0 Å². The Morgan fingerprint density at radius 3 is 2.00 bits per heavy atom. The molecule has 0 atom stereocenters. The van der Waals surface area contributed by atoms with Gasteiger partial charge >= 0.3 is 21.5 Å². The van der Waals surface area contributed by atoms with Gasteiger partial charge in [-0.15, -0.1) is 0 Å². The lowest BCUT2D eigenvalue weighted by Gasteiger charge is -2.17. The van der Waals surface area contributed by atoms with Crippen molar-refractivity contribution in [3.63, 3.8) is 0 Å². The molecule has 0 radical (unpaired) electrons. The predicted molar refractivity (Wildman–Crippen MR) is 42.2 cm³/mol. The zero-order valence-corrected chi connectivity index (χ0v) is 8.44. The maximum absolute atomic E-state index is 12.3. The highest BCUT2D eigenvalue weighted by atomic mass is 32.2. The zero-order valence-electron chi connectivity index (χ0n) is 7.62. The number of allylic oxidation sites excluding steroid dienone is 1. The molecule has 0 unspecified atom stereocenters. The topological polar surface area (TPSA) is 69.6 Å². The van der Waals surface area contributed by atoms with Gasteiger partial charge in [-0.3, -0.25) is 0 Å². The Morgan fingerprint density at radius 1 is 1.25 bits per heavy atom. The van der Waals surface area contributed by atoms with Crippen LogP contribution in [0.15, 0.2) is 16.5 Å². The number of hydrogen-bond donors (Lipinski definition) is 0. The fourth-order valence-corrected chi connectivity index (χ4v) is 1.20. The van der Waals surface area contributed by atoms with E-state index < -0.39 is 27.4 Å². The van der Waals surface area contributed by atoms with Gasteiger partial charge in [0.05, 0.1) is 0 Å². The van der Waals surface area contributed by atoms with Crippen LogP contribution >= 0.6 is 0 Å². The smallest absolute Gasteiger partial charge is 0.471 e. The van der Waals surface area contributed by atoms with E-state index in [1.54, 1.807) is 0 Å². The monoisotopic (exact) mass is 266 g/mol. The van der Waals surface area contributed by atoms with Crippen LogP contribution in [0.2, 0.25) is 0 Å². The number of nitrogens with zero attached hydrogens (tertiary/aromatic N) is 1. The summed E-state index contributed by atoms with van der Waals surface area (Å²) in [5.74, 6) is -1.72. The van der Waals surface area contributed by atoms with Gasteiger partial charge in [-0.1, -0.05) is 12.2 Å². The van der Waals surface area contributed by atoms with E-state index in [4.69, 9.17) is 0 Å². The average Bonchev–Trinajstić information content (AvgIpc) is 2.00. The second-order valence-electron chi connectivity index (χ2n) is 2.42. The second-order valence-corrected chi connectivity index (χ2v) is 4.06. The minimum absolute atomic E-state index is 0.435. The number of sulfonamides is 1. The molecule has 0 fully saturated rings. The first-order valence-corrected chi connectivity index (χ1v) is 4.98. The summed E-state index contributed by atoms with van der Waals surface area (Å²) >= 11 is 0. The fourth-order valence-electron chi connectivity index (χ4n) is 0.495. The zero-order chi connectivity index (χ0) is 13.2. The van der Waals surface area contributed by atoms with E-state index in [1.807, 2.05) is 4.40 Å². The predicted octanol–water partition coefficient (Wildman–Crippen LogP) is 0.806. The van der Waals surface area contributed by atoms with Crippen LogP contribution in [0.5, 0.6) is 0 Å². The summed E-state index contributed by atoms with van der Waals surface area (Å²) in [6.45, 7) is 1.22. The molecule has 4 nitrogen and oxygen atoms in total. The summed E-state index contributed by atoms with van der Waals surface area (Å²) in [4.78, 5) is 0. The normalized spacial score (nSPS) is 15.8. The largest absolute Gasteiger partial charge is 0.858 e. The van der Waals surface area contributed by atoms with Crippen LogP contribution in [0.4, 0.5) is 22.0 Å². The van der Waals surface area contributed by atoms with Crippen LogP contribution in [0.25, 0.3) is 0 Å². The molecule has 0 amide bonds. The van der Waals surface area contributed by atoms with Gasteiger partial charge < -0.3 is 5.11 Å². The third kappa shape index (κ3) is 2.90. The molecule has 0 aromatic rings. The number of alkyl halides is 5. The van der Waals surface area contributed by atoms with Crippen LogP contribution < -0.4 is 5.11 Å². The SMILES string of the molecule is C/C=C/C([O-])=N/S(=O)(=O)C(F)(F)C(F)(F)F. The van der Waals surface area contributed by atoms with Crippen molar-refractivity contribution in [2.24, 2.45) is 4.40 Å². The molecule has 0 aliphatic carbocycles. The van der Waals surface area contributed by atoms with Gasteiger partial charge in [0.1, 0.15) is 0 Å². The quantitative estimate of drug-likeness (QED) is 0.431. The Hall–Kier alpha value is -1.19. The van der Waals surface area contributed by atoms with Crippen molar-refractivity contribution < 1.29 is 35.5 Å². The van der Waals surface area contributed by atoms with Crippen LogP contribution in [-0.4, -0.2) is 25.7 Å². The summed E-state index contributed by atoms with van der Waals surface area (Å²) in [5, 5.41) is 4.41. The van der Waals surface area contributed by atoms with E-state index in [0.717, 1.165) is 6.08 Å². The molecule has 16 heavy (non-hydrogen) atoms. The summed E-state index contributed by atoms with van der Waals surface area (Å²) < 4.78 is 82.4. The number of halogens is 5. The van der Waals surface area contributed by atoms with Crippen LogP contribution in [0.3, 0.4) is 0 Å². The van der Waals surface area contributed by atoms with E-state index in [1.165, 1.54) is 6.92 Å². The van der Waals surface area contributed by atoms with Gasteiger partial charge in [0.2, 0.25) is 0 Å². The van der Waals surface area contributed by atoms with Crippen LogP contribution in [0.1, 0.15) is 6.92 Å². The van der Waals surface area contributed by atoms with E-state index in [9.17, 15) is 35.5 Å². The molecule has 0 N–H and O–H groups in total. The molecule has 0 spiro atoms. The maximum Gasteiger partial charge on any atom is 0.471 e. The van der Waals surface area contributed by atoms with Gasteiger partial charge in [0, 0.05) is 5.90 Å². The Balaban J connectivity index is 5.49. The Labute approximate surface area is 87.2 Å². The lowest BCUT2D eigenvalue weighted by molar-refractivity contribution is -0.241. The van der Waals surface area contributed by atoms with Gasteiger partial charge in [-0.25, -0.2) is 0 Å². The molecule has 0 aliphatic heterocycles. The summed E-state index contributed by atoms with van der Waals surface area (Å²) in [7, 11) is -6.27. The average molecular weight is 266 g/mol. The standard InChI is InChI=1S/C6H6F5NO3S/c1-2-3-4(13)12-16(14,15)6(10,11)5(7,8)9/h2-3H,1H3,(H,12,13)/p-1/b3-2+. The molecule has 0 aromatic heterocycles. The number of rotatable bonds is 3. The minimum Gasteiger partial charge on any atom is -0.858 e. The number of hydrogen-bond acceptors (Lipinski definition) is 3. The van der Waals surface area contributed by atoms with Gasteiger partial charge in [0.25, 0.3) is 0 Å². The van der Waals surface area contributed by atoms with Crippen LogP contribution in [-0.2, 0) is 10.0 Å². The Morgan fingerprint density at radius 2 is 1.69 bits per heavy atom. The molecule has 0 aliphatic rings. The molecule has 0 bridgehead atoms. The molecule has 0 saturated carbocycles. The summed E-state index contributed by atoms with van der Waals surface area (Å²) in [6.07, 6.45) is -4.96. The first kappa shape index (κ1) is 14.8. The lowest BCUT2D eigenvalue weighted by Crippen LogP contribution is -2.43. The molecular weight excluding hydrogens is 261 g/mol. The lowest BCUT2D eigenvalue weighted by atomic mass is 10.5. The van der Waals surface area contributed by atoms with E-state index in [0.29, 0.717) is 6.08 Å². The van der Waals surface area contributed by atoms with Crippen molar-refractivity contribution in [1.29, 1.82) is 0 Å². The summed E-state index contributed by atoms with van der Waals surface area (Å²) in [5.41, 5.74) is 0. The minimum atomic E-state index is -6.33. The van der Waals surface area contributed by atoms with Crippen molar-refractivity contribution in [3.05, 3.63) is 12.2 Å². The first-order chi connectivity index (χ1) is 6.95. The van der Waals surface area contributed by atoms with E-state index in [2.05, 4.69) is 0 Å². The highest BCUT2D eigenvalue weighted by Crippen LogP contribution is 2.40. The first-order valence-electron chi connectivity index (χ1n) is 3.54. The maximum atomic E-state index is 12.3. The van der Waals surface area contributed by atoms with Crippen molar-refractivity contribution in [2.45, 2.75) is 18.4 Å². The van der Waals surface area contributed by atoms with Gasteiger partial charge in [-0.2, -0.15) is 34.8 Å². The van der Waals surface area contributed by atoms with Crippen LogP contribution in [0, 0.1) is 0 Å².